The summed E-state index contributed by atoms with van der Waals surface area (Å²) in [4.78, 5) is 0. The molecule has 0 amide bonds. The van der Waals surface area contributed by atoms with Crippen molar-refractivity contribution in [1.29, 1.82) is 0 Å². The molecule has 0 fully saturated rings. The summed E-state index contributed by atoms with van der Waals surface area (Å²) < 4.78 is 2.86. The standard InChI is InChI=1S/C6H4S4.Li.H/c1-2-8-5(7-1)6-9-3-4-10-6;;/h1-4H;;/q;+1;-1. The molecule has 0 spiro atoms. The first-order valence-corrected chi connectivity index (χ1v) is 6.19. The van der Waals surface area contributed by atoms with Gasteiger partial charge in [0.15, 0.2) is 0 Å². The topological polar surface area (TPSA) is 0 Å². The summed E-state index contributed by atoms with van der Waals surface area (Å²) in [6.45, 7) is 0. The van der Waals surface area contributed by atoms with Crippen molar-refractivity contribution < 1.29 is 20.3 Å². The zero-order chi connectivity index (χ0) is 6.81. The molecule has 2 aliphatic heterocycles. The van der Waals surface area contributed by atoms with Gasteiger partial charge in [0.2, 0.25) is 0 Å². The van der Waals surface area contributed by atoms with Gasteiger partial charge in [0.05, 0.1) is 8.47 Å². The second-order valence-electron chi connectivity index (χ2n) is 1.59. The zero-order valence-electron chi connectivity index (χ0n) is 6.94. The third kappa shape index (κ3) is 2.58. The van der Waals surface area contributed by atoms with Crippen LogP contribution in [0, 0.1) is 0 Å². The maximum absolute atomic E-state index is 2.13. The number of hydrogen-bond acceptors (Lipinski definition) is 4. The predicted molar refractivity (Wildman–Crippen MR) is 56.8 cm³/mol. The second kappa shape index (κ2) is 5.06. The van der Waals surface area contributed by atoms with Crippen molar-refractivity contribution in [3.8, 4) is 0 Å². The Balaban J connectivity index is 0.000000605. The van der Waals surface area contributed by atoms with Gasteiger partial charge in [0.25, 0.3) is 0 Å². The van der Waals surface area contributed by atoms with Crippen LogP contribution in [0.15, 0.2) is 30.1 Å². The molecule has 0 aromatic heterocycles. The van der Waals surface area contributed by atoms with Crippen molar-refractivity contribution in [1.82, 2.24) is 0 Å². The summed E-state index contributed by atoms with van der Waals surface area (Å²) in [5.74, 6) is 0. The van der Waals surface area contributed by atoms with Crippen LogP contribution < -0.4 is 18.9 Å². The average Bonchev–Trinajstić information content (AvgIpc) is 2.59. The van der Waals surface area contributed by atoms with E-state index >= 15 is 0 Å². The summed E-state index contributed by atoms with van der Waals surface area (Å²) in [5, 5.41) is 8.53. The number of thioether (sulfide) groups is 4. The molecule has 2 heterocycles. The van der Waals surface area contributed by atoms with Crippen LogP contribution in [0.3, 0.4) is 0 Å². The summed E-state index contributed by atoms with van der Waals surface area (Å²) in [7, 11) is 0. The van der Waals surface area contributed by atoms with Crippen molar-refractivity contribution in [3.05, 3.63) is 30.1 Å². The van der Waals surface area contributed by atoms with Crippen LogP contribution in [-0.4, -0.2) is 0 Å². The third-order valence-electron chi connectivity index (χ3n) is 0.978. The number of hydrogen-bond donors (Lipinski definition) is 0. The van der Waals surface area contributed by atoms with Gasteiger partial charge in [-0.25, -0.2) is 0 Å². The Morgan fingerprint density at radius 3 is 1.27 bits per heavy atom. The van der Waals surface area contributed by atoms with E-state index in [1.54, 1.807) is 0 Å². The molecule has 0 bridgehead atoms. The summed E-state index contributed by atoms with van der Waals surface area (Å²) in [6.07, 6.45) is 0. The van der Waals surface area contributed by atoms with E-state index in [1.165, 1.54) is 8.47 Å². The van der Waals surface area contributed by atoms with Gasteiger partial charge in [0, 0.05) is 0 Å². The Bertz CT molecular complexity index is 192. The minimum Gasteiger partial charge on any atom is -1.00 e. The van der Waals surface area contributed by atoms with Gasteiger partial charge in [-0.15, -0.1) is 0 Å². The Hall–Kier alpha value is 1.22. The predicted octanol–water partition coefficient (Wildman–Crippen LogP) is 1.13. The van der Waals surface area contributed by atoms with Crippen molar-refractivity contribution in [2.45, 2.75) is 0 Å². The van der Waals surface area contributed by atoms with E-state index in [1.807, 2.05) is 47.0 Å². The molecule has 0 aromatic carbocycles. The minimum absolute atomic E-state index is 0. The fraction of sp³-hybridized carbons (Fsp3) is 0. The largest absolute Gasteiger partial charge is 1.00 e. The SMILES string of the molecule is C1=CSC(=C2SC=CS2)S1.[H-].[Li+]. The summed E-state index contributed by atoms with van der Waals surface area (Å²) >= 11 is 7.28. The molecule has 0 unspecified atom stereocenters. The first-order valence-electron chi connectivity index (χ1n) is 2.68. The summed E-state index contributed by atoms with van der Waals surface area (Å²) in [6, 6.07) is 0. The first kappa shape index (κ1) is 10.3. The average molecular weight is 212 g/mol. The van der Waals surface area contributed by atoms with E-state index in [2.05, 4.69) is 21.6 Å². The monoisotopic (exact) mass is 212 g/mol. The van der Waals surface area contributed by atoms with Gasteiger partial charge < -0.3 is 1.43 Å². The molecule has 0 aromatic rings. The zero-order valence-corrected chi connectivity index (χ0v) is 9.21. The minimum atomic E-state index is 0. The Labute approximate surface area is 96.8 Å². The van der Waals surface area contributed by atoms with E-state index in [4.69, 9.17) is 0 Å². The molecule has 0 aliphatic carbocycles. The molecule has 0 saturated heterocycles. The van der Waals surface area contributed by atoms with E-state index in [9.17, 15) is 0 Å². The fourth-order valence-corrected chi connectivity index (χ4v) is 4.64. The molecule has 0 nitrogen and oxygen atoms in total. The van der Waals surface area contributed by atoms with Crippen LogP contribution in [-0.2, 0) is 0 Å². The molecule has 2 aliphatic rings. The van der Waals surface area contributed by atoms with E-state index in [0.717, 1.165) is 0 Å². The second-order valence-corrected chi connectivity index (χ2v) is 5.77. The van der Waals surface area contributed by atoms with Crippen LogP contribution in [0.2, 0.25) is 0 Å². The van der Waals surface area contributed by atoms with E-state index in [-0.39, 0.29) is 20.3 Å². The van der Waals surface area contributed by atoms with Gasteiger partial charge in [-0.3, -0.25) is 0 Å². The summed E-state index contributed by atoms with van der Waals surface area (Å²) in [5.41, 5.74) is 0. The molecular weight excluding hydrogens is 207 g/mol. The molecule has 54 valence electrons. The normalized spacial score (nSPS) is 21.1. The van der Waals surface area contributed by atoms with Crippen molar-refractivity contribution in [2.75, 3.05) is 0 Å². The van der Waals surface area contributed by atoms with E-state index < -0.39 is 0 Å². The van der Waals surface area contributed by atoms with Gasteiger partial charge in [-0.2, -0.15) is 0 Å². The number of rotatable bonds is 0. The molecular formula is C6H5LiS4. The molecule has 2 rings (SSSR count). The van der Waals surface area contributed by atoms with Crippen LogP contribution >= 0.6 is 47.0 Å². The first-order chi connectivity index (χ1) is 4.97. The van der Waals surface area contributed by atoms with Gasteiger partial charge >= 0.3 is 18.9 Å². The van der Waals surface area contributed by atoms with Gasteiger partial charge in [0.1, 0.15) is 0 Å². The van der Waals surface area contributed by atoms with Crippen molar-refractivity contribution >= 4 is 47.0 Å². The van der Waals surface area contributed by atoms with Crippen molar-refractivity contribution in [2.24, 2.45) is 0 Å². The molecule has 0 N–H and O–H groups in total. The van der Waals surface area contributed by atoms with Crippen LogP contribution in [0.4, 0.5) is 0 Å². The maximum Gasteiger partial charge on any atom is 1.00 e. The van der Waals surface area contributed by atoms with Gasteiger partial charge in [-0.05, 0) is 21.6 Å². The smallest absolute Gasteiger partial charge is 1.00 e. The molecule has 0 radical (unpaired) electrons. The Morgan fingerprint density at radius 1 is 0.727 bits per heavy atom. The Morgan fingerprint density at radius 2 is 1.00 bits per heavy atom. The molecule has 11 heavy (non-hydrogen) atoms. The Kier molecular flexibility index (Phi) is 4.73. The maximum atomic E-state index is 2.13. The van der Waals surface area contributed by atoms with Crippen LogP contribution in [0.1, 0.15) is 1.43 Å². The third-order valence-corrected chi connectivity index (χ3v) is 5.76. The van der Waals surface area contributed by atoms with Crippen LogP contribution in [0.5, 0.6) is 0 Å². The van der Waals surface area contributed by atoms with Crippen LogP contribution in [0.25, 0.3) is 0 Å². The molecule has 5 heteroatoms. The molecule has 0 atom stereocenters. The van der Waals surface area contributed by atoms with E-state index in [0.29, 0.717) is 0 Å². The fourth-order valence-electron chi connectivity index (χ4n) is 0.606. The molecule has 0 saturated carbocycles. The van der Waals surface area contributed by atoms with Crippen molar-refractivity contribution in [3.63, 3.8) is 0 Å². The van der Waals surface area contributed by atoms with Gasteiger partial charge in [-0.1, -0.05) is 47.0 Å². The quantitative estimate of drug-likeness (QED) is 0.552.